The molecule has 0 aliphatic rings. The maximum Gasteiger partial charge on any atom is 0.272 e. The number of nitrogens with zero attached hydrogens (tertiary/aromatic N) is 1. The van der Waals surface area contributed by atoms with E-state index in [1.807, 2.05) is 130 Å². The minimum absolute atomic E-state index is 0.0922. The van der Waals surface area contributed by atoms with Crippen molar-refractivity contribution in [3.63, 3.8) is 0 Å². The zero-order chi connectivity index (χ0) is 34.0. The van der Waals surface area contributed by atoms with E-state index in [2.05, 4.69) is 16.0 Å². The summed E-state index contributed by atoms with van der Waals surface area (Å²) in [4.78, 5) is 43.3. The van der Waals surface area contributed by atoms with E-state index in [9.17, 15) is 14.4 Å². The van der Waals surface area contributed by atoms with Crippen molar-refractivity contribution in [1.82, 2.24) is 5.32 Å². The molecule has 0 spiro atoms. The zero-order valence-corrected chi connectivity index (χ0v) is 28.2. The average Bonchev–Trinajstić information content (AvgIpc) is 3.09. The van der Waals surface area contributed by atoms with Crippen LogP contribution in [0.25, 0.3) is 6.08 Å². The molecule has 3 N–H and O–H groups in total. The maximum atomic E-state index is 13.7. The number of hydrogen-bond donors (Lipinski definition) is 3. The molecule has 5 rings (SSSR count). The van der Waals surface area contributed by atoms with Gasteiger partial charge in [0.2, 0.25) is 5.91 Å². The fourth-order valence-electron chi connectivity index (χ4n) is 4.93. The number of aryl methyl sites for hydroxylation is 2. The highest BCUT2D eigenvalue weighted by molar-refractivity contribution is 8.00. The summed E-state index contributed by atoms with van der Waals surface area (Å²) in [6, 6.07) is 39.3. The van der Waals surface area contributed by atoms with Crippen molar-refractivity contribution in [2.24, 2.45) is 0 Å². The van der Waals surface area contributed by atoms with E-state index in [-0.39, 0.29) is 11.6 Å². The van der Waals surface area contributed by atoms with Gasteiger partial charge in [0.25, 0.3) is 11.8 Å². The summed E-state index contributed by atoms with van der Waals surface area (Å²) in [5.74, 6) is -1.03. The fraction of sp³-hybridized carbons (Fsp3) is 0.125. The average molecular weight is 655 g/mol. The molecule has 48 heavy (non-hydrogen) atoms. The number of anilines is 3. The van der Waals surface area contributed by atoms with Gasteiger partial charge in [0.1, 0.15) is 10.9 Å². The van der Waals surface area contributed by atoms with Crippen molar-refractivity contribution < 1.29 is 14.4 Å². The first-order valence-corrected chi connectivity index (χ1v) is 16.4. The van der Waals surface area contributed by atoms with Gasteiger partial charge in [0.05, 0.1) is 0 Å². The SMILES string of the molecule is Cc1ccc(C)c(NC(=O)C(Sc2cccc(NC(=O)/C(=C\c3ccc(N(C)C)cc3)NC(=O)c3ccccc3)c2)c2ccccc2)c1. The lowest BCUT2D eigenvalue weighted by molar-refractivity contribution is -0.116. The monoisotopic (exact) mass is 654 g/mol. The lowest BCUT2D eigenvalue weighted by atomic mass is 10.1. The molecule has 1 unspecified atom stereocenters. The summed E-state index contributed by atoms with van der Waals surface area (Å²) in [5, 5.41) is 8.30. The molecule has 0 heterocycles. The van der Waals surface area contributed by atoms with Gasteiger partial charge in [-0.15, -0.1) is 11.8 Å². The molecule has 0 radical (unpaired) electrons. The van der Waals surface area contributed by atoms with Gasteiger partial charge in [0, 0.05) is 41.6 Å². The molecule has 0 aliphatic carbocycles. The molecular weight excluding hydrogens is 617 g/mol. The molecule has 5 aromatic rings. The van der Waals surface area contributed by atoms with Crippen LogP contribution < -0.4 is 20.9 Å². The Bertz CT molecular complexity index is 1920. The van der Waals surface area contributed by atoms with Gasteiger partial charge in [-0.3, -0.25) is 14.4 Å². The molecule has 0 saturated carbocycles. The van der Waals surface area contributed by atoms with Gasteiger partial charge in [-0.25, -0.2) is 0 Å². The molecule has 7 nitrogen and oxygen atoms in total. The van der Waals surface area contributed by atoms with Crippen LogP contribution in [-0.4, -0.2) is 31.8 Å². The number of thioether (sulfide) groups is 1. The van der Waals surface area contributed by atoms with E-state index in [0.29, 0.717) is 11.3 Å². The van der Waals surface area contributed by atoms with Crippen molar-refractivity contribution in [2.45, 2.75) is 24.0 Å². The minimum atomic E-state index is -0.553. The topological polar surface area (TPSA) is 90.5 Å². The second-order valence-corrected chi connectivity index (χ2v) is 12.7. The Morgan fingerprint density at radius 2 is 1.42 bits per heavy atom. The number of rotatable bonds is 11. The number of amides is 3. The van der Waals surface area contributed by atoms with E-state index in [1.54, 1.807) is 36.4 Å². The predicted octanol–water partition coefficient (Wildman–Crippen LogP) is 8.25. The van der Waals surface area contributed by atoms with Gasteiger partial charge in [-0.2, -0.15) is 0 Å². The molecule has 0 aliphatic heterocycles. The number of benzene rings is 5. The summed E-state index contributed by atoms with van der Waals surface area (Å²) in [6.45, 7) is 3.96. The largest absolute Gasteiger partial charge is 0.378 e. The Morgan fingerprint density at radius 3 is 2.10 bits per heavy atom. The van der Waals surface area contributed by atoms with Gasteiger partial charge < -0.3 is 20.9 Å². The summed E-state index contributed by atoms with van der Waals surface area (Å²) < 4.78 is 0. The molecule has 5 aromatic carbocycles. The third-order valence-corrected chi connectivity index (χ3v) is 8.83. The van der Waals surface area contributed by atoms with Crippen LogP contribution in [0.3, 0.4) is 0 Å². The lowest BCUT2D eigenvalue weighted by Gasteiger charge is -2.19. The first-order chi connectivity index (χ1) is 23.2. The highest BCUT2D eigenvalue weighted by atomic mass is 32.2. The van der Waals surface area contributed by atoms with Gasteiger partial charge in [-0.05, 0) is 90.7 Å². The van der Waals surface area contributed by atoms with Crippen LogP contribution >= 0.6 is 11.8 Å². The van der Waals surface area contributed by atoms with Crippen molar-refractivity contribution >= 4 is 52.6 Å². The standard InChI is InChI=1S/C40H38N4O3S/c1-27-18-19-28(2)35(24-27)42-40(47)37(30-12-7-5-8-13-30)48-34-17-11-16-32(26-34)41-39(46)36(43-38(45)31-14-9-6-10-15-31)25-29-20-22-33(23-21-29)44(3)4/h5-26,37H,1-4H3,(H,41,46)(H,42,47)(H,43,45)/b36-25+. The van der Waals surface area contributed by atoms with Crippen molar-refractivity contribution in [3.05, 3.63) is 161 Å². The third-order valence-electron chi connectivity index (χ3n) is 7.59. The Labute approximate surface area is 286 Å². The minimum Gasteiger partial charge on any atom is -0.378 e. The lowest BCUT2D eigenvalue weighted by Crippen LogP contribution is -2.30. The second kappa shape index (κ2) is 15.8. The van der Waals surface area contributed by atoms with Gasteiger partial charge >= 0.3 is 0 Å². The van der Waals surface area contributed by atoms with Crippen molar-refractivity contribution in [2.75, 3.05) is 29.6 Å². The zero-order valence-electron chi connectivity index (χ0n) is 27.4. The van der Waals surface area contributed by atoms with Gasteiger partial charge in [-0.1, -0.05) is 78.9 Å². The van der Waals surface area contributed by atoms with E-state index in [4.69, 9.17) is 0 Å². The molecule has 1 atom stereocenters. The Hall–Kier alpha value is -5.60. The molecule has 3 amide bonds. The van der Waals surface area contributed by atoms with Crippen LogP contribution in [-0.2, 0) is 9.59 Å². The summed E-state index contributed by atoms with van der Waals surface area (Å²) in [7, 11) is 3.91. The van der Waals surface area contributed by atoms with Crippen LogP contribution in [0.2, 0.25) is 0 Å². The normalized spacial score (nSPS) is 11.7. The molecule has 242 valence electrons. The smallest absolute Gasteiger partial charge is 0.272 e. The Morgan fingerprint density at radius 1 is 0.729 bits per heavy atom. The third kappa shape index (κ3) is 9.02. The van der Waals surface area contributed by atoms with Crippen LogP contribution in [0, 0.1) is 13.8 Å². The fourth-order valence-corrected chi connectivity index (χ4v) is 6.01. The van der Waals surface area contributed by atoms with Crippen LogP contribution in [0.5, 0.6) is 0 Å². The summed E-state index contributed by atoms with van der Waals surface area (Å²) in [5.41, 5.74) is 6.48. The van der Waals surface area contributed by atoms with E-state index in [0.717, 1.165) is 38.5 Å². The van der Waals surface area contributed by atoms with E-state index in [1.165, 1.54) is 11.8 Å². The first kappa shape index (κ1) is 33.8. The van der Waals surface area contributed by atoms with Crippen molar-refractivity contribution in [3.8, 4) is 0 Å². The Balaban J connectivity index is 1.39. The number of carbonyl (C=O) groups excluding carboxylic acids is 3. The van der Waals surface area contributed by atoms with Crippen LogP contribution in [0.15, 0.2) is 138 Å². The highest BCUT2D eigenvalue weighted by Crippen LogP contribution is 2.37. The second-order valence-electron chi connectivity index (χ2n) is 11.6. The quantitative estimate of drug-likeness (QED) is 0.0986. The summed E-state index contributed by atoms with van der Waals surface area (Å²) >= 11 is 1.39. The maximum absolute atomic E-state index is 13.7. The van der Waals surface area contributed by atoms with Gasteiger partial charge in [0.15, 0.2) is 0 Å². The van der Waals surface area contributed by atoms with Crippen molar-refractivity contribution in [1.29, 1.82) is 0 Å². The molecule has 8 heteroatoms. The van der Waals surface area contributed by atoms with Crippen LogP contribution in [0.1, 0.15) is 37.9 Å². The molecule has 0 bridgehead atoms. The Kier molecular flexibility index (Phi) is 11.1. The predicted molar refractivity (Wildman–Crippen MR) is 197 cm³/mol. The molecular formula is C40H38N4O3S. The molecule has 0 aromatic heterocycles. The van der Waals surface area contributed by atoms with E-state index < -0.39 is 17.1 Å². The molecule has 0 fully saturated rings. The number of carbonyl (C=O) groups is 3. The van der Waals surface area contributed by atoms with E-state index >= 15 is 0 Å². The first-order valence-electron chi connectivity index (χ1n) is 15.5. The molecule has 0 saturated heterocycles. The summed E-state index contributed by atoms with van der Waals surface area (Å²) in [6.07, 6.45) is 1.65. The van der Waals surface area contributed by atoms with Crippen LogP contribution in [0.4, 0.5) is 17.1 Å². The number of hydrogen-bond acceptors (Lipinski definition) is 5. The number of nitrogens with one attached hydrogen (secondary N) is 3. The highest BCUT2D eigenvalue weighted by Gasteiger charge is 2.23.